The third kappa shape index (κ3) is 5.77. The summed E-state index contributed by atoms with van der Waals surface area (Å²) in [6, 6.07) is 12.7. The van der Waals surface area contributed by atoms with Crippen molar-refractivity contribution in [1.29, 1.82) is 0 Å². The van der Waals surface area contributed by atoms with Gasteiger partial charge in [-0.25, -0.2) is 13.4 Å². The van der Waals surface area contributed by atoms with Crippen LogP contribution in [0.25, 0.3) is 0 Å². The van der Waals surface area contributed by atoms with Gasteiger partial charge < -0.3 is 18.6 Å². The summed E-state index contributed by atoms with van der Waals surface area (Å²) in [7, 11) is -3.71. The van der Waals surface area contributed by atoms with Gasteiger partial charge in [0.15, 0.2) is 0 Å². The van der Waals surface area contributed by atoms with Crippen molar-refractivity contribution in [2.75, 3.05) is 6.61 Å². The number of hydrogen-bond acceptors (Lipinski definition) is 6. The molecule has 4 rings (SSSR count). The van der Waals surface area contributed by atoms with E-state index in [1.165, 1.54) is 0 Å². The highest BCUT2D eigenvalue weighted by Gasteiger charge is 2.29. The fourth-order valence-corrected chi connectivity index (χ4v) is 5.68. The van der Waals surface area contributed by atoms with E-state index in [4.69, 9.17) is 9.15 Å². The minimum atomic E-state index is -3.71. The molecule has 182 valence electrons. The van der Waals surface area contributed by atoms with Crippen molar-refractivity contribution in [3.8, 4) is 0 Å². The van der Waals surface area contributed by atoms with Gasteiger partial charge in [0.1, 0.15) is 5.76 Å². The zero-order chi connectivity index (χ0) is 24.1. The van der Waals surface area contributed by atoms with E-state index in [-0.39, 0.29) is 35.4 Å². The van der Waals surface area contributed by atoms with E-state index < -0.39 is 9.84 Å². The third-order valence-electron chi connectivity index (χ3n) is 5.87. The molecule has 3 heterocycles. The standard InChI is InChI=1S/C25H31N3O5S/c1-19(2)24(29)27(16-22-10-6-12-32-22)15-21-14-26-25(28(21)17-23-11-7-13-33-23)34(30,31)18-20-8-4-3-5-9-20/h3-6,8-10,12,14,19,23H,7,11,13,15-18H2,1-2H3/t23-/m1/s1. The zero-order valence-corrected chi connectivity index (χ0v) is 20.4. The van der Waals surface area contributed by atoms with E-state index in [2.05, 4.69) is 4.98 Å². The number of amides is 1. The predicted molar refractivity (Wildman–Crippen MR) is 126 cm³/mol. The Balaban J connectivity index is 1.66. The van der Waals surface area contributed by atoms with E-state index in [9.17, 15) is 13.2 Å². The number of carbonyl (C=O) groups excluding carboxylic acids is 1. The number of rotatable bonds is 10. The second-order valence-corrected chi connectivity index (χ2v) is 10.8. The maximum Gasteiger partial charge on any atom is 0.228 e. The molecule has 1 aliphatic heterocycles. The number of nitrogens with zero attached hydrogens (tertiary/aromatic N) is 3. The number of carbonyl (C=O) groups is 1. The molecule has 0 radical (unpaired) electrons. The Hall–Kier alpha value is -2.91. The summed E-state index contributed by atoms with van der Waals surface area (Å²) in [5.41, 5.74) is 1.35. The van der Waals surface area contributed by atoms with Gasteiger partial charge in [0.25, 0.3) is 0 Å². The van der Waals surface area contributed by atoms with Crippen molar-refractivity contribution in [3.05, 3.63) is 71.9 Å². The number of imidazole rings is 1. The average molecular weight is 486 g/mol. The lowest BCUT2D eigenvalue weighted by molar-refractivity contribution is -0.136. The molecule has 1 fully saturated rings. The maximum absolute atomic E-state index is 13.4. The van der Waals surface area contributed by atoms with E-state index in [0.717, 1.165) is 12.8 Å². The average Bonchev–Trinajstić information content (AvgIpc) is 3.57. The van der Waals surface area contributed by atoms with E-state index in [1.54, 1.807) is 40.1 Å². The lowest BCUT2D eigenvalue weighted by Crippen LogP contribution is -2.34. The summed E-state index contributed by atoms with van der Waals surface area (Å²) >= 11 is 0. The van der Waals surface area contributed by atoms with Crippen LogP contribution >= 0.6 is 0 Å². The Morgan fingerprint density at radius 3 is 2.62 bits per heavy atom. The summed E-state index contributed by atoms with van der Waals surface area (Å²) in [5.74, 6) is 0.258. The van der Waals surface area contributed by atoms with Crippen molar-refractivity contribution < 1.29 is 22.4 Å². The molecule has 1 amide bonds. The molecular weight excluding hydrogens is 454 g/mol. The van der Waals surface area contributed by atoms with E-state index >= 15 is 0 Å². The molecule has 9 heteroatoms. The van der Waals surface area contributed by atoms with Crippen LogP contribution in [0.1, 0.15) is 43.7 Å². The second kappa shape index (κ2) is 10.6. The van der Waals surface area contributed by atoms with Crippen molar-refractivity contribution in [1.82, 2.24) is 14.5 Å². The van der Waals surface area contributed by atoms with Gasteiger partial charge >= 0.3 is 0 Å². The summed E-state index contributed by atoms with van der Waals surface area (Å²) in [6.07, 6.45) is 4.85. The second-order valence-electron chi connectivity index (χ2n) is 8.95. The van der Waals surface area contributed by atoms with Gasteiger partial charge in [-0.05, 0) is 30.5 Å². The molecule has 0 N–H and O–H groups in total. The SMILES string of the molecule is CC(C)C(=O)N(Cc1ccco1)Cc1cnc(S(=O)(=O)Cc2ccccc2)n1C[C@H]1CCCO1. The monoisotopic (exact) mass is 485 g/mol. The van der Waals surface area contributed by atoms with Gasteiger partial charge in [-0.2, -0.15) is 0 Å². The summed E-state index contributed by atoms with van der Waals surface area (Å²) in [6.45, 7) is 5.24. The van der Waals surface area contributed by atoms with Crippen molar-refractivity contribution in [2.24, 2.45) is 5.92 Å². The van der Waals surface area contributed by atoms with Crippen LogP contribution in [0, 0.1) is 5.92 Å². The number of aromatic nitrogens is 2. The van der Waals surface area contributed by atoms with Crippen LogP contribution in [0.2, 0.25) is 0 Å². The Morgan fingerprint density at radius 2 is 1.97 bits per heavy atom. The van der Waals surface area contributed by atoms with Gasteiger partial charge in [0.2, 0.25) is 20.9 Å². The highest BCUT2D eigenvalue weighted by atomic mass is 32.2. The first-order valence-electron chi connectivity index (χ1n) is 11.6. The number of ether oxygens (including phenoxy) is 1. The summed E-state index contributed by atoms with van der Waals surface area (Å²) < 4.78 is 39.7. The third-order valence-corrected chi connectivity index (χ3v) is 7.47. The predicted octanol–water partition coefficient (Wildman–Crippen LogP) is 3.81. The topological polar surface area (TPSA) is 94.6 Å². The molecule has 1 atom stereocenters. The maximum atomic E-state index is 13.4. The molecule has 2 aromatic heterocycles. The number of sulfone groups is 1. The fourth-order valence-electron chi connectivity index (χ4n) is 4.17. The zero-order valence-electron chi connectivity index (χ0n) is 19.6. The Labute approximate surface area is 200 Å². The van der Waals surface area contributed by atoms with E-state index in [1.807, 2.05) is 38.1 Å². The molecule has 1 aliphatic rings. The highest BCUT2D eigenvalue weighted by Crippen LogP contribution is 2.23. The molecule has 0 aliphatic carbocycles. The molecule has 1 saturated heterocycles. The minimum Gasteiger partial charge on any atom is -0.467 e. The number of furan rings is 1. The Morgan fingerprint density at radius 1 is 1.18 bits per heavy atom. The number of hydrogen-bond donors (Lipinski definition) is 0. The first-order chi connectivity index (χ1) is 16.3. The molecule has 8 nitrogen and oxygen atoms in total. The van der Waals surface area contributed by atoms with Gasteiger partial charge in [0.05, 0.1) is 49.6 Å². The molecule has 0 bridgehead atoms. The minimum absolute atomic E-state index is 0.0109. The fraction of sp³-hybridized carbons (Fsp3) is 0.440. The van der Waals surface area contributed by atoms with Gasteiger partial charge in [-0.1, -0.05) is 44.2 Å². The van der Waals surface area contributed by atoms with Gasteiger partial charge in [-0.3, -0.25) is 4.79 Å². The van der Waals surface area contributed by atoms with Crippen LogP contribution in [0.3, 0.4) is 0 Å². The molecular formula is C25H31N3O5S. The normalized spacial score (nSPS) is 16.3. The van der Waals surface area contributed by atoms with Crippen LogP contribution < -0.4 is 0 Å². The van der Waals surface area contributed by atoms with Crippen molar-refractivity contribution in [3.63, 3.8) is 0 Å². The lowest BCUT2D eigenvalue weighted by Gasteiger charge is -2.25. The van der Waals surface area contributed by atoms with Crippen LogP contribution in [0.5, 0.6) is 0 Å². The van der Waals surface area contributed by atoms with Crippen molar-refractivity contribution in [2.45, 2.75) is 63.3 Å². The Bertz CT molecular complexity index is 1180. The number of benzene rings is 1. The molecule has 34 heavy (non-hydrogen) atoms. The largest absolute Gasteiger partial charge is 0.467 e. The van der Waals surface area contributed by atoms with Crippen LogP contribution in [0.15, 0.2) is 64.5 Å². The van der Waals surface area contributed by atoms with Crippen molar-refractivity contribution >= 4 is 15.7 Å². The molecule has 0 unspecified atom stereocenters. The highest BCUT2D eigenvalue weighted by molar-refractivity contribution is 7.90. The molecule has 1 aromatic carbocycles. The first-order valence-corrected chi connectivity index (χ1v) is 13.2. The van der Waals surface area contributed by atoms with Crippen LogP contribution in [0.4, 0.5) is 0 Å². The van der Waals surface area contributed by atoms with Crippen LogP contribution in [-0.4, -0.2) is 41.5 Å². The van der Waals surface area contributed by atoms with E-state index in [0.29, 0.717) is 36.7 Å². The van der Waals surface area contributed by atoms with Crippen LogP contribution in [-0.2, 0) is 44.8 Å². The lowest BCUT2D eigenvalue weighted by atomic mass is 10.1. The quantitative estimate of drug-likeness (QED) is 0.433. The smallest absolute Gasteiger partial charge is 0.228 e. The first kappa shape index (κ1) is 24.2. The molecule has 0 spiro atoms. The Kier molecular flexibility index (Phi) is 7.53. The summed E-state index contributed by atoms with van der Waals surface area (Å²) in [4.78, 5) is 19.0. The van der Waals surface area contributed by atoms with Gasteiger partial charge in [0, 0.05) is 12.5 Å². The molecule has 3 aromatic rings. The molecule has 0 saturated carbocycles. The van der Waals surface area contributed by atoms with Gasteiger partial charge in [-0.15, -0.1) is 0 Å². The summed E-state index contributed by atoms with van der Waals surface area (Å²) in [5, 5.41) is 0.0109.